The van der Waals surface area contributed by atoms with Crippen LogP contribution >= 0.6 is 15.9 Å². The second-order valence-electron chi connectivity index (χ2n) is 2.20. The van der Waals surface area contributed by atoms with Gasteiger partial charge in [-0.05, 0) is 34.5 Å². The van der Waals surface area contributed by atoms with Crippen LogP contribution in [0.5, 0.6) is 0 Å². The molecule has 1 atom stereocenters. The van der Waals surface area contributed by atoms with Gasteiger partial charge >= 0.3 is 5.97 Å². The second kappa shape index (κ2) is 3.04. The fraction of sp³-hybridized carbons (Fsp3) is 0.333. The number of carboxylic acid groups (broad SMARTS) is 1. The van der Waals surface area contributed by atoms with Gasteiger partial charge < -0.3 is 5.11 Å². The minimum atomic E-state index is -0.923. The molecule has 0 aromatic carbocycles. The van der Waals surface area contributed by atoms with Crippen molar-refractivity contribution >= 4 is 26.5 Å². The van der Waals surface area contributed by atoms with Crippen molar-refractivity contribution in [2.45, 2.75) is 13.0 Å². The zero-order valence-electron chi connectivity index (χ0n) is 5.84. The molecule has 0 radical (unpaired) electrons. The minimum absolute atomic E-state index is 0.648. The predicted octanol–water partition coefficient (Wildman–Crippen LogP) is 0.697. The van der Waals surface area contributed by atoms with E-state index >= 15 is 0 Å². The first-order valence-corrected chi connectivity index (χ1v) is 3.81. The molecule has 0 aromatic rings. The first kappa shape index (κ1) is 8.26. The molecule has 4 nitrogen and oxygen atoms in total. The Balaban J connectivity index is 2.77. The molecule has 0 bridgehead atoms. The van der Waals surface area contributed by atoms with Crippen LogP contribution in [0.2, 0.25) is 0 Å². The molecule has 11 heavy (non-hydrogen) atoms. The predicted molar refractivity (Wildman–Crippen MR) is 44.7 cm³/mol. The van der Waals surface area contributed by atoms with Crippen LogP contribution in [0.4, 0.5) is 0 Å². The summed E-state index contributed by atoms with van der Waals surface area (Å²) in [4.78, 5) is 10.4. The van der Waals surface area contributed by atoms with Crippen LogP contribution in [-0.2, 0) is 4.79 Å². The third kappa shape index (κ3) is 1.80. The van der Waals surface area contributed by atoms with Gasteiger partial charge in [-0.2, -0.15) is 5.10 Å². The number of nitrogens with zero attached hydrogens (tertiary/aromatic N) is 1. The molecule has 1 aliphatic heterocycles. The maximum Gasteiger partial charge on any atom is 0.331 e. The van der Waals surface area contributed by atoms with Crippen molar-refractivity contribution in [1.29, 1.82) is 0 Å². The molecule has 60 valence electrons. The molecule has 0 amide bonds. The van der Waals surface area contributed by atoms with E-state index in [1.54, 1.807) is 13.0 Å². The van der Waals surface area contributed by atoms with Crippen molar-refractivity contribution in [3.63, 3.8) is 0 Å². The molecule has 2 N–H and O–H groups in total. The summed E-state index contributed by atoms with van der Waals surface area (Å²) in [7, 11) is 0. The van der Waals surface area contributed by atoms with Gasteiger partial charge in [-0.25, -0.2) is 4.79 Å². The number of carboxylic acids is 1. The lowest BCUT2D eigenvalue weighted by atomic mass is 10.2. The SMILES string of the molecule is CC1=CC(C(=O)O)NN=C1Br. The number of hydrogen-bond donors (Lipinski definition) is 2. The minimum Gasteiger partial charge on any atom is -0.479 e. The van der Waals surface area contributed by atoms with Crippen LogP contribution in [0.3, 0.4) is 0 Å². The summed E-state index contributed by atoms with van der Waals surface area (Å²) in [5.41, 5.74) is 3.29. The quantitative estimate of drug-likeness (QED) is 0.682. The lowest BCUT2D eigenvalue weighted by Gasteiger charge is -2.13. The number of carbonyl (C=O) groups is 1. The molecular formula is C6H7BrN2O2. The Kier molecular flexibility index (Phi) is 2.28. The second-order valence-corrected chi connectivity index (χ2v) is 2.95. The summed E-state index contributed by atoms with van der Waals surface area (Å²) in [5.74, 6) is -0.923. The van der Waals surface area contributed by atoms with Gasteiger partial charge in [0.05, 0.1) is 0 Å². The first-order valence-electron chi connectivity index (χ1n) is 3.01. The van der Waals surface area contributed by atoms with E-state index in [1.165, 1.54) is 0 Å². The maximum absolute atomic E-state index is 10.4. The summed E-state index contributed by atoms with van der Waals surface area (Å²) in [6.07, 6.45) is 1.60. The highest BCUT2D eigenvalue weighted by atomic mass is 79.9. The van der Waals surface area contributed by atoms with E-state index < -0.39 is 12.0 Å². The van der Waals surface area contributed by atoms with Crippen molar-refractivity contribution in [1.82, 2.24) is 5.43 Å². The third-order valence-corrected chi connectivity index (χ3v) is 2.11. The number of halogens is 1. The van der Waals surface area contributed by atoms with Gasteiger partial charge in [-0.1, -0.05) is 0 Å². The zero-order chi connectivity index (χ0) is 8.43. The lowest BCUT2D eigenvalue weighted by molar-refractivity contribution is -0.138. The highest BCUT2D eigenvalue weighted by molar-refractivity contribution is 9.18. The summed E-state index contributed by atoms with van der Waals surface area (Å²) < 4.78 is 0.648. The molecule has 0 spiro atoms. The van der Waals surface area contributed by atoms with Crippen molar-refractivity contribution in [3.05, 3.63) is 11.6 Å². The Morgan fingerprint density at radius 3 is 3.00 bits per heavy atom. The van der Waals surface area contributed by atoms with E-state index in [9.17, 15) is 4.79 Å². The van der Waals surface area contributed by atoms with Gasteiger partial charge in [0.25, 0.3) is 0 Å². The Morgan fingerprint density at radius 2 is 2.55 bits per heavy atom. The van der Waals surface area contributed by atoms with Crippen molar-refractivity contribution in [3.8, 4) is 0 Å². The number of hydrazone groups is 1. The summed E-state index contributed by atoms with van der Waals surface area (Å²) in [6.45, 7) is 1.80. The number of nitrogens with one attached hydrogen (secondary N) is 1. The van der Waals surface area contributed by atoms with Crippen molar-refractivity contribution in [2.75, 3.05) is 0 Å². The van der Waals surface area contributed by atoms with E-state index in [2.05, 4.69) is 26.5 Å². The van der Waals surface area contributed by atoms with Crippen LogP contribution in [-0.4, -0.2) is 21.7 Å². The van der Waals surface area contributed by atoms with Gasteiger partial charge in [0.15, 0.2) is 6.04 Å². The van der Waals surface area contributed by atoms with Crippen LogP contribution in [0, 0.1) is 0 Å². The molecule has 0 fully saturated rings. The molecule has 0 saturated carbocycles. The van der Waals surface area contributed by atoms with Gasteiger partial charge in [-0.3, -0.25) is 5.43 Å². The van der Waals surface area contributed by atoms with Crippen LogP contribution in [0.15, 0.2) is 16.8 Å². The Labute approximate surface area is 72.1 Å². The monoisotopic (exact) mass is 218 g/mol. The van der Waals surface area contributed by atoms with Crippen LogP contribution in [0.1, 0.15) is 6.92 Å². The van der Waals surface area contributed by atoms with Gasteiger partial charge in [0.2, 0.25) is 0 Å². The van der Waals surface area contributed by atoms with Crippen molar-refractivity contribution < 1.29 is 9.90 Å². The maximum atomic E-state index is 10.4. The van der Waals surface area contributed by atoms with Gasteiger partial charge in [0.1, 0.15) is 4.62 Å². The highest BCUT2D eigenvalue weighted by Crippen LogP contribution is 2.09. The van der Waals surface area contributed by atoms with E-state index in [1.807, 2.05) is 0 Å². The average Bonchev–Trinajstić information content (AvgIpc) is 1.94. The van der Waals surface area contributed by atoms with Gasteiger partial charge in [0, 0.05) is 0 Å². The van der Waals surface area contributed by atoms with E-state index in [-0.39, 0.29) is 0 Å². The number of rotatable bonds is 1. The zero-order valence-corrected chi connectivity index (χ0v) is 7.42. The molecule has 0 saturated heterocycles. The molecule has 1 unspecified atom stereocenters. The van der Waals surface area contributed by atoms with E-state index in [4.69, 9.17) is 5.11 Å². The Morgan fingerprint density at radius 1 is 1.91 bits per heavy atom. The number of allylic oxidation sites excluding steroid dienone is 1. The molecule has 5 heteroatoms. The number of aliphatic carboxylic acids is 1. The summed E-state index contributed by atoms with van der Waals surface area (Å²) in [6, 6.07) is -0.698. The molecular weight excluding hydrogens is 212 g/mol. The summed E-state index contributed by atoms with van der Waals surface area (Å²) in [5, 5.41) is 12.3. The van der Waals surface area contributed by atoms with Crippen LogP contribution in [0.25, 0.3) is 0 Å². The lowest BCUT2D eigenvalue weighted by Crippen LogP contribution is -2.34. The topological polar surface area (TPSA) is 61.7 Å². The van der Waals surface area contributed by atoms with Crippen LogP contribution < -0.4 is 5.43 Å². The molecule has 1 rings (SSSR count). The fourth-order valence-corrected chi connectivity index (χ4v) is 0.931. The largest absolute Gasteiger partial charge is 0.479 e. The highest BCUT2D eigenvalue weighted by Gasteiger charge is 2.17. The standard InChI is InChI=1S/C6H7BrN2O2/c1-3-2-4(6(10)11)8-9-5(3)7/h2,4,8H,1H3,(H,10,11). The van der Waals surface area contributed by atoms with Gasteiger partial charge in [-0.15, -0.1) is 0 Å². The van der Waals surface area contributed by atoms with E-state index in [0.717, 1.165) is 5.57 Å². The number of hydrogen-bond acceptors (Lipinski definition) is 3. The molecule has 0 aromatic heterocycles. The molecule has 1 aliphatic rings. The Hall–Kier alpha value is -0.840. The van der Waals surface area contributed by atoms with Crippen molar-refractivity contribution in [2.24, 2.45) is 5.10 Å². The average molecular weight is 219 g/mol. The molecule has 1 heterocycles. The smallest absolute Gasteiger partial charge is 0.331 e. The first-order chi connectivity index (χ1) is 5.11. The molecule has 0 aliphatic carbocycles. The fourth-order valence-electron chi connectivity index (χ4n) is 0.697. The normalized spacial score (nSPS) is 23.3. The Bertz CT molecular complexity index is 247. The van der Waals surface area contributed by atoms with E-state index in [0.29, 0.717) is 4.62 Å². The summed E-state index contributed by atoms with van der Waals surface area (Å²) >= 11 is 3.16. The third-order valence-electron chi connectivity index (χ3n) is 1.31.